The van der Waals surface area contributed by atoms with Crippen molar-refractivity contribution < 1.29 is 17.9 Å². The summed E-state index contributed by atoms with van der Waals surface area (Å²) in [6.45, 7) is 1.55. The van der Waals surface area contributed by atoms with Crippen LogP contribution in [0.25, 0.3) is 10.9 Å². The Balaban J connectivity index is 1.89. The summed E-state index contributed by atoms with van der Waals surface area (Å²) < 4.78 is 47.2. The lowest BCUT2D eigenvalue weighted by molar-refractivity contribution is -0.142. The van der Waals surface area contributed by atoms with E-state index in [9.17, 15) is 22.8 Å². The molecule has 0 saturated heterocycles. The van der Waals surface area contributed by atoms with Crippen molar-refractivity contribution in [1.29, 1.82) is 5.26 Å². The van der Waals surface area contributed by atoms with E-state index in [1.165, 1.54) is 18.3 Å². The molecule has 3 aromatic heterocycles. The van der Waals surface area contributed by atoms with Crippen LogP contribution < -0.4 is 15.9 Å². The summed E-state index contributed by atoms with van der Waals surface area (Å²) in [6, 6.07) is 8.56. The van der Waals surface area contributed by atoms with Crippen molar-refractivity contribution in [3.63, 3.8) is 0 Å². The van der Waals surface area contributed by atoms with Gasteiger partial charge in [0.1, 0.15) is 5.75 Å². The maximum atomic E-state index is 13.7. The second kappa shape index (κ2) is 9.23. The van der Waals surface area contributed by atoms with Gasteiger partial charge in [-0.2, -0.15) is 18.4 Å². The molecule has 1 N–H and O–H groups in total. The topological polar surface area (TPSA) is 114 Å². The van der Waals surface area contributed by atoms with Gasteiger partial charge < -0.3 is 9.72 Å². The third-order valence-electron chi connectivity index (χ3n) is 5.13. The molecule has 1 aromatic carbocycles. The number of H-pyrrole nitrogens is 1. The fraction of sp³-hybridized carbons (Fsp3) is 0.174. The number of ether oxygens (including phenoxy) is 1. The molecule has 0 spiro atoms. The number of halogens is 4. The van der Waals surface area contributed by atoms with Crippen LogP contribution in [0.4, 0.5) is 13.2 Å². The van der Waals surface area contributed by atoms with E-state index < -0.39 is 23.2 Å². The molecule has 12 heteroatoms. The Kier molecular flexibility index (Phi) is 6.32. The molecule has 0 aliphatic carbocycles. The Bertz CT molecular complexity index is 1610. The van der Waals surface area contributed by atoms with Crippen molar-refractivity contribution in [2.24, 2.45) is 0 Å². The second-order valence-electron chi connectivity index (χ2n) is 7.41. The predicted octanol–water partition coefficient (Wildman–Crippen LogP) is 4.43. The van der Waals surface area contributed by atoms with Gasteiger partial charge in [0.15, 0.2) is 5.69 Å². The molecule has 4 aromatic rings. The minimum atomic E-state index is -5.00. The number of benzene rings is 1. The molecule has 4 rings (SSSR count). The number of rotatable bonds is 5. The Morgan fingerprint density at radius 2 is 2.00 bits per heavy atom. The van der Waals surface area contributed by atoms with Crippen LogP contribution in [0.3, 0.4) is 0 Å². The third-order valence-corrected chi connectivity index (χ3v) is 5.35. The summed E-state index contributed by atoms with van der Waals surface area (Å²) in [7, 11) is 0. The number of pyridine rings is 2. The fourth-order valence-corrected chi connectivity index (χ4v) is 3.80. The van der Waals surface area contributed by atoms with Crippen molar-refractivity contribution in [2.75, 3.05) is 0 Å². The number of alkyl halides is 3. The highest BCUT2D eigenvalue weighted by molar-refractivity contribution is 6.30. The van der Waals surface area contributed by atoms with E-state index >= 15 is 0 Å². The highest BCUT2D eigenvalue weighted by Gasteiger charge is 2.39. The monoisotopic (exact) mass is 501 g/mol. The van der Waals surface area contributed by atoms with E-state index in [1.807, 2.05) is 6.07 Å². The summed E-state index contributed by atoms with van der Waals surface area (Å²) in [5, 5.41) is 9.41. The van der Waals surface area contributed by atoms with Crippen LogP contribution in [0.2, 0.25) is 5.02 Å². The maximum Gasteiger partial charge on any atom is 0.437 e. The smallest absolute Gasteiger partial charge is 0.437 e. The molecule has 3 heterocycles. The van der Waals surface area contributed by atoms with Gasteiger partial charge >= 0.3 is 6.18 Å². The first-order chi connectivity index (χ1) is 16.6. The standard InChI is InChI=1S/C23H15ClF3N5O3/c1-2-17-16(18-15(21(33)31-17)4-3-5-29-18)10-32-11-30-20(23(25,26)27)19(22(32)34)35-14-7-12(9-28)6-13(24)8-14/h3-8,11H,2,10H2,1H3,(H,31,33). The highest BCUT2D eigenvalue weighted by atomic mass is 35.5. The number of nitriles is 1. The minimum Gasteiger partial charge on any atom is -0.449 e. The minimum absolute atomic E-state index is 0.0312. The van der Waals surface area contributed by atoms with Gasteiger partial charge in [-0.3, -0.25) is 19.1 Å². The quantitative estimate of drug-likeness (QED) is 0.433. The Hall–Kier alpha value is -4.17. The summed E-state index contributed by atoms with van der Waals surface area (Å²) >= 11 is 5.92. The Morgan fingerprint density at radius 3 is 2.69 bits per heavy atom. The lowest BCUT2D eigenvalue weighted by atomic mass is 10.1. The molecule has 0 saturated carbocycles. The molecule has 35 heavy (non-hydrogen) atoms. The van der Waals surface area contributed by atoms with Crippen molar-refractivity contribution in [1.82, 2.24) is 19.5 Å². The van der Waals surface area contributed by atoms with Crippen LogP contribution in [0, 0.1) is 11.3 Å². The number of aryl methyl sites for hydroxylation is 1. The van der Waals surface area contributed by atoms with Crippen LogP contribution >= 0.6 is 11.6 Å². The Morgan fingerprint density at radius 1 is 1.23 bits per heavy atom. The molecular formula is C23H15ClF3N5O3. The van der Waals surface area contributed by atoms with E-state index in [0.29, 0.717) is 23.2 Å². The second-order valence-corrected chi connectivity index (χ2v) is 7.84. The van der Waals surface area contributed by atoms with Gasteiger partial charge in [-0.25, -0.2) is 4.98 Å². The van der Waals surface area contributed by atoms with Crippen molar-refractivity contribution in [3.8, 4) is 17.6 Å². The summed E-state index contributed by atoms with van der Waals surface area (Å²) in [5.74, 6) is -1.31. The summed E-state index contributed by atoms with van der Waals surface area (Å²) in [5.41, 5.74) is -1.75. The number of fused-ring (bicyclic) bond motifs is 1. The first-order valence-electron chi connectivity index (χ1n) is 10.2. The average Bonchev–Trinajstić information content (AvgIpc) is 2.81. The zero-order valence-electron chi connectivity index (χ0n) is 18.0. The van der Waals surface area contributed by atoms with Crippen LogP contribution in [-0.2, 0) is 19.1 Å². The number of aromatic amines is 1. The van der Waals surface area contributed by atoms with Crippen molar-refractivity contribution in [3.05, 3.63) is 91.1 Å². The first-order valence-corrected chi connectivity index (χ1v) is 10.5. The van der Waals surface area contributed by atoms with Crippen molar-refractivity contribution >= 4 is 22.5 Å². The molecule has 0 aliphatic heterocycles. The number of aromatic nitrogens is 4. The SMILES string of the molecule is CCc1[nH]c(=O)c2cccnc2c1Cn1cnc(C(F)(F)F)c(Oc2cc(Cl)cc(C#N)c2)c1=O. The van der Waals surface area contributed by atoms with Gasteiger partial charge in [0.2, 0.25) is 5.75 Å². The predicted molar refractivity (Wildman–Crippen MR) is 121 cm³/mol. The normalized spacial score (nSPS) is 11.4. The van der Waals surface area contributed by atoms with Crippen LogP contribution in [0.1, 0.15) is 29.4 Å². The zero-order valence-corrected chi connectivity index (χ0v) is 18.7. The molecule has 178 valence electrons. The molecule has 0 amide bonds. The molecule has 0 unspecified atom stereocenters. The van der Waals surface area contributed by atoms with E-state index in [1.54, 1.807) is 19.1 Å². The lowest BCUT2D eigenvalue weighted by Gasteiger charge is -2.16. The van der Waals surface area contributed by atoms with Gasteiger partial charge in [-0.05, 0) is 36.8 Å². The highest BCUT2D eigenvalue weighted by Crippen LogP contribution is 2.35. The molecule has 0 radical (unpaired) electrons. The lowest BCUT2D eigenvalue weighted by Crippen LogP contribution is -2.27. The molecule has 0 bridgehead atoms. The van der Waals surface area contributed by atoms with E-state index in [4.69, 9.17) is 21.6 Å². The van der Waals surface area contributed by atoms with E-state index in [2.05, 4.69) is 15.0 Å². The third kappa shape index (κ3) is 4.74. The van der Waals surface area contributed by atoms with Crippen LogP contribution in [0.5, 0.6) is 11.5 Å². The van der Waals surface area contributed by atoms with Crippen LogP contribution in [0.15, 0.2) is 52.4 Å². The maximum absolute atomic E-state index is 13.7. The van der Waals surface area contributed by atoms with E-state index in [-0.39, 0.29) is 33.8 Å². The van der Waals surface area contributed by atoms with E-state index in [0.717, 1.165) is 17.0 Å². The fourth-order valence-electron chi connectivity index (χ4n) is 3.57. The van der Waals surface area contributed by atoms with Gasteiger partial charge in [0.25, 0.3) is 11.1 Å². The molecule has 0 fully saturated rings. The largest absolute Gasteiger partial charge is 0.449 e. The molecular weight excluding hydrogens is 487 g/mol. The summed E-state index contributed by atoms with van der Waals surface area (Å²) in [6.07, 6.45) is -2.39. The zero-order chi connectivity index (χ0) is 25.3. The van der Waals surface area contributed by atoms with Gasteiger partial charge in [0, 0.05) is 22.5 Å². The first kappa shape index (κ1) is 24.0. The van der Waals surface area contributed by atoms with Gasteiger partial charge in [0.05, 0.1) is 35.4 Å². The number of hydrogen-bond acceptors (Lipinski definition) is 6. The number of nitrogens with zero attached hydrogens (tertiary/aromatic N) is 4. The van der Waals surface area contributed by atoms with Crippen LogP contribution in [-0.4, -0.2) is 19.5 Å². The molecule has 0 aliphatic rings. The number of hydrogen-bond donors (Lipinski definition) is 1. The van der Waals surface area contributed by atoms with Gasteiger partial charge in [-0.15, -0.1) is 0 Å². The average molecular weight is 502 g/mol. The molecule has 0 atom stereocenters. The number of nitrogens with one attached hydrogen (secondary N) is 1. The van der Waals surface area contributed by atoms with Gasteiger partial charge in [-0.1, -0.05) is 18.5 Å². The summed E-state index contributed by atoms with van der Waals surface area (Å²) in [4.78, 5) is 36.0. The van der Waals surface area contributed by atoms with Crippen molar-refractivity contribution in [2.45, 2.75) is 26.1 Å². The molecule has 8 nitrogen and oxygen atoms in total. The Labute approximate surface area is 200 Å².